The van der Waals surface area contributed by atoms with Crippen molar-refractivity contribution in [3.8, 4) is 0 Å². The van der Waals surface area contributed by atoms with E-state index in [1.165, 1.54) is 0 Å². The second kappa shape index (κ2) is 2.16. The van der Waals surface area contributed by atoms with Crippen LogP contribution >= 0.6 is 0 Å². The molecule has 1 saturated heterocycles. The van der Waals surface area contributed by atoms with Crippen molar-refractivity contribution in [3.05, 3.63) is 0 Å². The fourth-order valence-corrected chi connectivity index (χ4v) is 2.51. The highest BCUT2D eigenvalue weighted by molar-refractivity contribution is 7.87. The number of hydrogen-bond acceptors (Lipinski definition) is 3. The van der Waals surface area contributed by atoms with E-state index >= 15 is 0 Å². The molecule has 2 atom stereocenters. The van der Waals surface area contributed by atoms with Crippen LogP contribution in [-0.2, 0) is 10.2 Å². The summed E-state index contributed by atoms with van der Waals surface area (Å²) in [6, 6.07) is 0.103. The molecule has 11 heavy (non-hydrogen) atoms. The first-order valence-electron chi connectivity index (χ1n) is 3.59. The summed E-state index contributed by atoms with van der Waals surface area (Å²) in [6.07, 6.45) is 0. The molecule has 0 aromatic heterocycles. The van der Waals surface area contributed by atoms with Crippen LogP contribution in [0.5, 0.6) is 0 Å². The zero-order valence-electron chi connectivity index (χ0n) is 5.95. The molecule has 0 bridgehead atoms. The minimum atomic E-state index is -3.48. The summed E-state index contributed by atoms with van der Waals surface area (Å²) < 4.78 is 23.5. The molecule has 1 heterocycles. The number of rotatable bonds is 2. The molecule has 0 spiro atoms. The van der Waals surface area contributed by atoms with Crippen molar-refractivity contribution in [2.24, 2.45) is 17.0 Å². The minimum Gasteiger partial charge on any atom is -0.316 e. The van der Waals surface area contributed by atoms with Gasteiger partial charge in [0.15, 0.2) is 0 Å². The standard InChI is InChI=1S/C5H11N3O2S/c6-11(9,10)8-5-3-1-7-2-4(3)5/h3-5,7-8H,1-2H2,(H2,6,9,10). The summed E-state index contributed by atoms with van der Waals surface area (Å²) in [7, 11) is -3.48. The normalized spacial score (nSPS) is 42.1. The maximum atomic E-state index is 10.6. The van der Waals surface area contributed by atoms with Gasteiger partial charge in [-0.2, -0.15) is 13.1 Å². The largest absolute Gasteiger partial charge is 0.316 e. The van der Waals surface area contributed by atoms with Crippen LogP contribution in [-0.4, -0.2) is 27.5 Å². The van der Waals surface area contributed by atoms with E-state index in [1.807, 2.05) is 0 Å². The van der Waals surface area contributed by atoms with E-state index in [4.69, 9.17) is 5.14 Å². The second-order valence-electron chi connectivity index (χ2n) is 3.17. The molecule has 0 aromatic rings. The highest BCUT2D eigenvalue weighted by atomic mass is 32.2. The lowest BCUT2D eigenvalue weighted by Gasteiger charge is -2.03. The van der Waals surface area contributed by atoms with Gasteiger partial charge in [-0.05, 0) is 24.9 Å². The molecular weight excluding hydrogens is 166 g/mol. The summed E-state index contributed by atoms with van der Waals surface area (Å²) in [5, 5.41) is 7.98. The first-order chi connectivity index (χ1) is 5.08. The van der Waals surface area contributed by atoms with Gasteiger partial charge in [0.1, 0.15) is 0 Å². The Hall–Kier alpha value is -0.170. The number of nitrogens with two attached hydrogens (primary N) is 1. The van der Waals surface area contributed by atoms with Gasteiger partial charge in [-0.3, -0.25) is 0 Å². The molecule has 64 valence electrons. The summed E-state index contributed by atoms with van der Waals surface area (Å²) >= 11 is 0. The molecule has 0 radical (unpaired) electrons. The summed E-state index contributed by atoms with van der Waals surface area (Å²) in [6.45, 7) is 1.83. The van der Waals surface area contributed by atoms with Crippen LogP contribution in [0.25, 0.3) is 0 Å². The maximum Gasteiger partial charge on any atom is 0.274 e. The number of nitrogens with one attached hydrogen (secondary N) is 2. The van der Waals surface area contributed by atoms with E-state index in [2.05, 4.69) is 10.0 Å². The van der Waals surface area contributed by atoms with Crippen molar-refractivity contribution in [1.82, 2.24) is 10.0 Å². The van der Waals surface area contributed by atoms with Gasteiger partial charge in [0.05, 0.1) is 0 Å². The SMILES string of the molecule is NS(=O)(=O)NC1C2CNCC21. The van der Waals surface area contributed by atoms with Gasteiger partial charge >= 0.3 is 0 Å². The van der Waals surface area contributed by atoms with E-state index in [-0.39, 0.29) is 6.04 Å². The molecule has 0 aromatic carbocycles. The molecule has 1 aliphatic carbocycles. The van der Waals surface area contributed by atoms with Crippen LogP contribution in [0.3, 0.4) is 0 Å². The lowest BCUT2D eigenvalue weighted by molar-refractivity contribution is 0.567. The van der Waals surface area contributed by atoms with Gasteiger partial charge in [0, 0.05) is 6.04 Å². The van der Waals surface area contributed by atoms with Crippen LogP contribution in [0.1, 0.15) is 0 Å². The van der Waals surface area contributed by atoms with Crippen LogP contribution in [0.2, 0.25) is 0 Å². The van der Waals surface area contributed by atoms with E-state index in [9.17, 15) is 8.42 Å². The van der Waals surface area contributed by atoms with Crippen molar-refractivity contribution >= 4 is 10.2 Å². The first kappa shape index (κ1) is 7.48. The third-order valence-corrected chi connectivity index (χ3v) is 2.99. The van der Waals surface area contributed by atoms with E-state index < -0.39 is 10.2 Å². The fourth-order valence-electron chi connectivity index (χ4n) is 1.78. The molecule has 2 fully saturated rings. The van der Waals surface area contributed by atoms with Crippen molar-refractivity contribution < 1.29 is 8.42 Å². The Kier molecular flexibility index (Phi) is 1.47. The Morgan fingerprint density at radius 1 is 1.36 bits per heavy atom. The van der Waals surface area contributed by atoms with E-state index in [0.29, 0.717) is 11.8 Å². The quantitative estimate of drug-likeness (QED) is 0.456. The van der Waals surface area contributed by atoms with Crippen molar-refractivity contribution in [2.75, 3.05) is 13.1 Å². The Bertz CT molecular complexity index is 253. The number of piperidine rings is 1. The lowest BCUT2D eigenvalue weighted by Crippen LogP contribution is -2.36. The predicted octanol–water partition coefficient (Wildman–Crippen LogP) is -2.00. The van der Waals surface area contributed by atoms with Crippen LogP contribution < -0.4 is 15.2 Å². The number of fused-ring (bicyclic) bond motifs is 1. The number of hydrogen-bond donors (Lipinski definition) is 3. The second-order valence-corrected chi connectivity index (χ2v) is 4.50. The minimum absolute atomic E-state index is 0.103. The summed E-state index contributed by atoms with van der Waals surface area (Å²) in [5.41, 5.74) is 0. The average molecular weight is 177 g/mol. The average Bonchev–Trinajstić information content (AvgIpc) is 2.39. The van der Waals surface area contributed by atoms with E-state index in [0.717, 1.165) is 13.1 Å². The molecule has 2 rings (SSSR count). The molecule has 6 heteroatoms. The summed E-state index contributed by atoms with van der Waals surface area (Å²) in [5.74, 6) is 0.960. The topological polar surface area (TPSA) is 84.2 Å². The van der Waals surface area contributed by atoms with E-state index in [1.54, 1.807) is 0 Å². The first-order valence-corrected chi connectivity index (χ1v) is 5.13. The maximum absolute atomic E-state index is 10.6. The van der Waals surface area contributed by atoms with Gasteiger partial charge < -0.3 is 5.32 Å². The molecule has 0 amide bonds. The Morgan fingerprint density at radius 2 is 1.91 bits per heavy atom. The zero-order valence-corrected chi connectivity index (χ0v) is 6.76. The molecule has 4 N–H and O–H groups in total. The molecule has 1 saturated carbocycles. The van der Waals surface area contributed by atoms with Gasteiger partial charge in [-0.15, -0.1) is 0 Å². The van der Waals surface area contributed by atoms with Gasteiger partial charge in [-0.1, -0.05) is 0 Å². The summed E-state index contributed by atoms with van der Waals surface area (Å²) in [4.78, 5) is 0. The third kappa shape index (κ3) is 1.39. The smallest absolute Gasteiger partial charge is 0.274 e. The van der Waals surface area contributed by atoms with Crippen LogP contribution in [0, 0.1) is 11.8 Å². The predicted molar refractivity (Wildman–Crippen MR) is 39.9 cm³/mol. The highest BCUT2D eigenvalue weighted by Crippen LogP contribution is 2.41. The highest BCUT2D eigenvalue weighted by Gasteiger charge is 2.54. The Labute approximate surface area is 65.5 Å². The molecule has 1 aliphatic heterocycles. The van der Waals surface area contributed by atoms with Crippen LogP contribution in [0.4, 0.5) is 0 Å². The monoisotopic (exact) mass is 177 g/mol. The Balaban J connectivity index is 1.93. The molecular formula is C5H11N3O2S. The van der Waals surface area contributed by atoms with Crippen molar-refractivity contribution in [2.45, 2.75) is 6.04 Å². The Morgan fingerprint density at radius 3 is 2.36 bits per heavy atom. The third-order valence-electron chi connectivity index (χ3n) is 2.39. The van der Waals surface area contributed by atoms with Crippen molar-refractivity contribution in [3.63, 3.8) is 0 Å². The molecule has 2 unspecified atom stereocenters. The van der Waals surface area contributed by atoms with Crippen molar-refractivity contribution in [1.29, 1.82) is 0 Å². The van der Waals surface area contributed by atoms with Gasteiger partial charge in [0.25, 0.3) is 10.2 Å². The van der Waals surface area contributed by atoms with Gasteiger partial charge in [-0.25, -0.2) is 5.14 Å². The molecule has 5 nitrogen and oxygen atoms in total. The van der Waals surface area contributed by atoms with Crippen LogP contribution in [0.15, 0.2) is 0 Å². The fraction of sp³-hybridized carbons (Fsp3) is 1.00. The molecule has 2 aliphatic rings. The van der Waals surface area contributed by atoms with Gasteiger partial charge in [0.2, 0.25) is 0 Å². The zero-order chi connectivity index (χ0) is 8.06. The lowest BCUT2D eigenvalue weighted by atomic mass is 10.4.